The Morgan fingerprint density at radius 1 is 1.17 bits per heavy atom. The third-order valence-electron chi connectivity index (χ3n) is 5.59. The Labute approximate surface area is 222 Å². The van der Waals surface area contributed by atoms with E-state index in [4.69, 9.17) is 31.8 Å². The molecule has 1 aromatic heterocycles. The third-order valence-corrected chi connectivity index (χ3v) is 6.96. The summed E-state index contributed by atoms with van der Waals surface area (Å²) in [4.78, 5) is 5.79. The molecule has 0 aliphatic rings. The van der Waals surface area contributed by atoms with Gasteiger partial charge in [-0.15, -0.1) is 23.7 Å². The van der Waals surface area contributed by atoms with Crippen LogP contribution in [-0.2, 0) is 11.3 Å². The van der Waals surface area contributed by atoms with Crippen molar-refractivity contribution in [2.24, 2.45) is 5.73 Å². The number of benzene rings is 2. The van der Waals surface area contributed by atoms with E-state index in [1.54, 1.807) is 32.4 Å². The minimum absolute atomic E-state index is 0. The van der Waals surface area contributed by atoms with E-state index < -0.39 is 6.04 Å². The van der Waals surface area contributed by atoms with Crippen molar-refractivity contribution in [3.8, 4) is 28.8 Å². The minimum atomic E-state index is -0.549. The number of aromatic nitrogens is 1. The Morgan fingerprint density at radius 2 is 1.91 bits per heavy atom. The zero-order valence-corrected chi connectivity index (χ0v) is 23.0. The van der Waals surface area contributed by atoms with Crippen molar-refractivity contribution >= 4 is 35.3 Å². The highest BCUT2D eigenvalue weighted by atomic mass is 35.5. The first-order valence-corrected chi connectivity index (χ1v) is 12.3. The van der Waals surface area contributed by atoms with Gasteiger partial charge in [-0.3, -0.25) is 0 Å². The van der Waals surface area contributed by atoms with Gasteiger partial charge in [0.05, 0.1) is 24.4 Å². The van der Waals surface area contributed by atoms with Gasteiger partial charge in [-0.1, -0.05) is 48.9 Å². The molecular weight excluding hydrogens is 506 g/mol. The molecule has 8 heteroatoms. The number of nitrogens with two attached hydrogens (primary N) is 1. The van der Waals surface area contributed by atoms with E-state index in [2.05, 4.69) is 18.8 Å². The molecule has 2 N–H and O–H groups in total. The smallest absolute Gasteiger partial charge is 0.129 e. The fourth-order valence-corrected chi connectivity index (χ4v) is 4.91. The van der Waals surface area contributed by atoms with E-state index in [9.17, 15) is 4.39 Å². The Balaban J connectivity index is 0.00000432. The van der Waals surface area contributed by atoms with Gasteiger partial charge in [0.2, 0.25) is 0 Å². The molecule has 0 saturated carbocycles. The van der Waals surface area contributed by atoms with E-state index in [1.165, 1.54) is 11.3 Å². The van der Waals surface area contributed by atoms with E-state index in [-0.39, 0.29) is 30.7 Å². The lowest BCUT2D eigenvalue weighted by Crippen LogP contribution is -2.08. The average Bonchev–Trinajstić information content (AvgIpc) is 3.20. The zero-order valence-electron chi connectivity index (χ0n) is 20.6. The molecule has 0 amide bonds. The molecule has 1 heterocycles. The highest BCUT2D eigenvalue weighted by Crippen LogP contribution is 2.37. The van der Waals surface area contributed by atoms with Crippen LogP contribution in [0.25, 0.3) is 11.3 Å². The van der Waals surface area contributed by atoms with Gasteiger partial charge < -0.3 is 15.2 Å². The molecular formula is C27H31Cl2FN2O2S. The van der Waals surface area contributed by atoms with Crippen molar-refractivity contribution in [2.75, 3.05) is 14.2 Å². The summed E-state index contributed by atoms with van der Waals surface area (Å²) in [6, 6.07) is 8.45. The first-order chi connectivity index (χ1) is 16.3. The largest absolute Gasteiger partial charge is 0.496 e. The summed E-state index contributed by atoms with van der Waals surface area (Å²) in [7, 11) is 3.17. The lowest BCUT2D eigenvalue weighted by atomic mass is 9.93. The van der Waals surface area contributed by atoms with Crippen LogP contribution in [0.1, 0.15) is 58.3 Å². The number of nitrogens with zero attached hydrogens (tertiary/aromatic N) is 1. The Kier molecular flexibility index (Phi) is 11.0. The Bertz CT molecular complexity index is 1220. The van der Waals surface area contributed by atoms with Gasteiger partial charge in [-0.25, -0.2) is 9.37 Å². The lowest BCUT2D eigenvalue weighted by molar-refractivity contribution is 0.181. The van der Waals surface area contributed by atoms with Gasteiger partial charge in [0.25, 0.3) is 0 Å². The molecule has 2 aromatic carbocycles. The molecule has 35 heavy (non-hydrogen) atoms. The van der Waals surface area contributed by atoms with Crippen molar-refractivity contribution in [2.45, 2.75) is 52.2 Å². The van der Waals surface area contributed by atoms with Crippen LogP contribution < -0.4 is 10.5 Å². The molecule has 3 rings (SSSR count). The Hall–Kier alpha value is -2.14. The van der Waals surface area contributed by atoms with Crippen molar-refractivity contribution in [1.29, 1.82) is 0 Å². The number of hydrogen-bond donors (Lipinski definition) is 1. The highest BCUT2D eigenvalue weighted by molar-refractivity contribution is 7.12. The number of thiazole rings is 1. The van der Waals surface area contributed by atoms with Crippen molar-refractivity contribution in [3.63, 3.8) is 0 Å². The molecule has 0 fully saturated rings. The molecule has 2 atom stereocenters. The summed E-state index contributed by atoms with van der Waals surface area (Å²) >= 11 is 8.02. The second-order valence-electron chi connectivity index (χ2n) is 8.15. The first kappa shape index (κ1) is 29.1. The van der Waals surface area contributed by atoms with Gasteiger partial charge in [0.15, 0.2) is 0 Å². The molecule has 0 saturated heterocycles. The second kappa shape index (κ2) is 13.2. The lowest BCUT2D eigenvalue weighted by Gasteiger charge is -2.12. The summed E-state index contributed by atoms with van der Waals surface area (Å²) in [5, 5.41) is 1.30. The molecule has 0 bridgehead atoms. The predicted molar refractivity (Wildman–Crippen MR) is 145 cm³/mol. The number of halogens is 3. The van der Waals surface area contributed by atoms with Crippen molar-refractivity contribution in [3.05, 3.63) is 67.7 Å². The second-order valence-corrected chi connectivity index (χ2v) is 9.79. The fourth-order valence-electron chi connectivity index (χ4n) is 3.78. The van der Waals surface area contributed by atoms with Crippen LogP contribution in [0.3, 0.4) is 0 Å². The van der Waals surface area contributed by atoms with Crippen LogP contribution in [0.5, 0.6) is 5.75 Å². The maximum atomic E-state index is 14.4. The van der Waals surface area contributed by atoms with Crippen LogP contribution in [0, 0.1) is 31.5 Å². The maximum absolute atomic E-state index is 14.4. The average molecular weight is 538 g/mol. The molecule has 0 aliphatic carbocycles. The van der Waals surface area contributed by atoms with Crippen LogP contribution in [0.2, 0.25) is 5.02 Å². The number of hydrogen-bond acceptors (Lipinski definition) is 5. The van der Waals surface area contributed by atoms with Crippen molar-refractivity contribution < 1.29 is 13.9 Å². The summed E-state index contributed by atoms with van der Waals surface area (Å²) < 4.78 is 24.8. The summed E-state index contributed by atoms with van der Waals surface area (Å²) in [5.41, 5.74) is 10.4. The zero-order chi connectivity index (χ0) is 24.8. The normalized spacial score (nSPS) is 12.3. The third kappa shape index (κ3) is 6.97. The minimum Gasteiger partial charge on any atom is -0.496 e. The van der Waals surface area contributed by atoms with Crippen molar-refractivity contribution in [1.82, 2.24) is 4.98 Å². The van der Waals surface area contributed by atoms with Crippen LogP contribution in [0.15, 0.2) is 30.3 Å². The molecule has 1 unspecified atom stereocenters. The van der Waals surface area contributed by atoms with Crippen LogP contribution in [-0.4, -0.2) is 19.2 Å². The molecule has 0 aliphatic heterocycles. The van der Waals surface area contributed by atoms with Crippen LogP contribution in [0.4, 0.5) is 4.39 Å². The van der Waals surface area contributed by atoms with Gasteiger partial charge in [0, 0.05) is 29.0 Å². The standard InChI is InChI=1S/C27H30ClFN2O2S.ClH/c1-6-7-18(19-8-9-20(15-32-4)23(29)13-19)10-11-24(30)27-31-26(17(3)34-27)21-12-16(2)25(33-5)14-22(21)28;/h8-9,12-14,18,24H,6-7,15,30H2,1-5H3;1H/t18-,24?;/m1./s1. The van der Waals surface area contributed by atoms with E-state index in [1.807, 2.05) is 26.0 Å². The fraction of sp³-hybridized carbons (Fsp3) is 0.370. The molecule has 4 nitrogen and oxygen atoms in total. The molecule has 188 valence electrons. The van der Waals surface area contributed by atoms with E-state index in [0.717, 1.165) is 50.9 Å². The topological polar surface area (TPSA) is 57.4 Å². The number of aryl methyl sites for hydroxylation is 2. The maximum Gasteiger partial charge on any atom is 0.129 e. The van der Waals surface area contributed by atoms with E-state index >= 15 is 0 Å². The molecule has 3 aromatic rings. The summed E-state index contributed by atoms with van der Waals surface area (Å²) in [6.45, 7) is 6.29. The van der Waals surface area contributed by atoms with E-state index in [0.29, 0.717) is 10.6 Å². The number of rotatable bonds is 8. The first-order valence-electron chi connectivity index (χ1n) is 11.1. The predicted octanol–water partition coefficient (Wildman–Crippen LogP) is 7.38. The van der Waals surface area contributed by atoms with Crippen LogP contribution >= 0.6 is 35.3 Å². The highest BCUT2D eigenvalue weighted by Gasteiger charge is 2.18. The quantitative estimate of drug-likeness (QED) is 0.305. The number of methoxy groups -OCH3 is 2. The van der Waals surface area contributed by atoms with Gasteiger partial charge >= 0.3 is 0 Å². The van der Waals surface area contributed by atoms with Gasteiger partial charge in [-0.05, 0) is 49.6 Å². The molecule has 0 radical (unpaired) electrons. The monoisotopic (exact) mass is 536 g/mol. The summed E-state index contributed by atoms with van der Waals surface area (Å²) in [6.07, 6.45) is 1.73. The number of ether oxygens (including phenoxy) is 2. The Morgan fingerprint density at radius 3 is 2.54 bits per heavy atom. The van der Waals surface area contributed by atoms with Gasteiger partial charge in [0.1, 0.15) is 22.6 Å². The SMILES string of the molecule is CCC[C@H](C#CC(N)c1nc(-c2cc(C)c(OC)cc2Cl)c(C)s1)c1ccc(COC)c(F)c1.Cl. The van der Waals surface area contributed by atoms with Gasteiger partial charge in [-0.2, -0.15) is 0 Å². The molecule has 0 spiro atoms. The summed E-state index contributed by atoms with van der Waals surface area (Å²) in [5.74, 6) is 6.77.